The molecule has 8 heteroatoms. The number of ether oxygens (including phenoxy) is 2. The van der Waals surface area contributed by atoms with Crippen molar-refractivity contribution in [1.29, 1.82) is 0 Å². The van der Waals surface area contributed by atoms with Gasteiger partial charge in [0.25, 0.3) is 0 Å². The minimum absolute atomic E-state index is 0.156. The van der Waals surface area contributed by atoms with Gasteiger partial charge in [-0.3, -0.25) is 14.4 Å². The minimum atomic E-state index is -0.720. The second-order valence-corrected chi connectivity index (χ2v) is 7.62. The van der Waals surface area contributed by atoms with Crippen LogP contribution < -0.4 is 25.0 Å². The molecule has 3 amide bonds. The van der Waals surface area contributed by atoms with Gasteiger partial charge in [-0.15, -0.1) is 0 Å². The first-order valence-corrected chi connectivity index (χ1v) is 10.0. The van der Waals surface area contributed by atoms with Crippen LogP contribution in [0, 0.1) is 0 Å². The molecule has 2 N–H and O–H groups in total. The van der Waals surface area contributed by atoms with Crippen LogP contribution in [0.25, 0.3) is 0 Å². The molecular formula is C22H21N3O5. The summed E-state index contributed by atoms with van der Waals surface area (Å²) in [5.74, 6) is 0.0163. The number of amides is 3. The Kier molecular flexibility index (Phi) is 4.54. The Labute approximate surface area is 173 Å². The quantitative estimate of drug-likeness (QED) is 0.758. The van der Waals surface area contributed by atoms with Gasteiger partial charge in [-0.2, -0.15) is 0 Å². The fourth-order valence-electron chi connectivity index (χ4n) is 4.23. The van der Waals surface area contributed by atoms with E-state index in [0.29, 0.717) is 30.0 Å². The number of nitrogens with zero attached hydrogens (tertiary/aromatic N) is 1. The summed E-state index contributed by atoms with van der Waals surface area (Å²) in [6, 6.07) is 9.10. The van der Waals surface area contributed by atoms with Gasteiger partial charge in [0.2, 0.25) is 12.7 Å². The van der Waals surface area contributed by atoms with Crippen LogP contribution in [0.2, 0.25) is 0 Å². The van der Waals surface area contributed by atoms with Gasteiger partial charge in [0.05, 0.1) is 5.69 Å². The molecule has 8 nitrogen and oxygen atoms in total. The Morgan fingerprint density at radius 1 is 0.967 bits per heavy atom. The van der Waals surface area contributed by atoms with Gasteiger partial charge in [0.1, 0.15) is 0 Å². The van der Waals surface area contributed by atoms with E-state index in [-0.39, 0.29) is 19.2 Å². The van der Waals surface area contributed by atoms with Gasteiger partial charge in [-0.05, 0) is 60.2 Å². The van der Waals surface area contributed by atoms with Crippen molar-refractivity contribution in [2.75, 3.05) is 23.6 Å². The summed E-state index contributed by atoms with van der Waals surface area (Å²) in [4.78, 5) is 38.7. The highest BCUT2D eigenvalue weighted by Gasteiger charge is 2.30. The third-order valence-corrected chi connectivity index (χ3v) is 5.63. The van der Waals surface area contributed by atoms with E-state index < -0.39 is 11.8 Å². The van der Waals surface area contributed by atoms with E-state index in [1.165, 1.54) is 0 Å². The average Bonchev–Trinajstić information content (AvgIpc) is 3.22. The molecule has 3 aliphatic heterocycles. The largest absolute Gasteiger partial charge is 0.454 e. The van der Waals surface area contributed by atoms with E-state index in [1.54, 1.807) is 12.1 Å². The molecule has 2 aromatic carbocycles. The molecule has 3 aliphatic rings. The van der Waals surface area contributed by atoms with Crippen molar-refractivity contribution >= 4 is 29.1 Å². The molecular weight excluding hydrogens is 386 g/mol. The third-order valence-electron chi connectivity index (χ3n) is 5.63. The summed E-state index contributed by atoms with van der Waals surface area (Å²) in [5, 5.41) is 5.32. The summed E-state index contributed by atoms with van der Waals surface area (Å²) in [5.41, 5.74) is 4.47. The maximum Gasteiger partial charge on any atom is 0.313 e. The lowest BCUT2D eigenvalue weighted by atomic mass is 9.91. The van der Waals surface area contributed by atoms with Gasteiger partial charge >= 0.3 is 11.8 Å². The fraction of sp³-hybridized carbons (Fsp3) is 0.318. The highest BCUT2D eigenvalue weighted by Crippen LogP contribution is 2.38. The second-order valence-electron chi connectivity index (χ2n) is 7.62. The number of anilines is 2. The van der Waals surface area contributed by atoms with Crippen molar-refractivity contribution < 1.29 is 23.9 Å². The molecule has 0 aliphatic carbocycles. The van der Waals surface area contributed by atoms with Gasteiger partial charge in [0, 0.05) is 25.2 Å². The number of hydrogen-bond acceptors (Lipinski definition) is 5. The minimum Gasteiger partial charge on any atom is -0.454 e. The zero-order chi connectivity index (χ0) is 20.7. The standard InChI is InChI=1S/C22H21N3O5/c26-19-6-4-15-10-16(9-14-2-1-7-25(19)20(14)15)24-22(28)21(27)23-11-13-3-5-17-18(8-13)30-12-29-17/h3,5,8-10H,1-2,4,6-7,11-12H2,(H,23,27)(H,24,28). The predicted molar refractivity (Wildman–Crippen MR) is 108 cm³/mol. The Morgan fingerprint density at radius 3 is 2.63 bits per heavy atom. The Morgan fingerprint density at radius 2 is 1.77 bits per heavy atom. The number of benzene rings is 2. The van der Waals surface area contributed by atoms with E-state index in [2.05, 4.69) is 10.6 Å². The van der Waals surface area contributed by atoms with Crippen LogP contribution in [0.3, 0.4) is 0 Å². The Balaban J connectivity index is 1.25. The molecule has 0 aromatic heterocycles. The van der Waals surface area contributed by atoms with Crippen LogP contribution >= 0.6 is 0 Å². The number of fused-ring (bicyclic) bond motifs is 1. The van der Waals surface area contributed by atoms with Gasteiger partial charge in [-0.25, -0.2) is 0 Å². The topological polar surface area (TPSA) is 97.0 Å². The molecule has 0 saturated carbocycles. The van der Waals surface area contributed by atoms with E-state index in [9.17, 15) is 14.4 Å². The van der Waals surface area contributed by atoms with E-state index >= 15 is 0 Å². The number of aryl methyl sites for hydroxylation is 2. The number of hydrogen-bond donors (Lipinski definition) is 2. The monoisotopic (exact) mass is 407 g/mol. The molecule has 0 radical (unpaired) electrons. The van der Waals surface area contributed by atoms with Crippen LogP contribution in [0.4, 0.5) is 11.4 Å². The molecule has 30 heavy (non-hydrogen) atoms. The molecule has 0 bridgehead atoms. The first-order valence-electron chi connectivity index (χ1n) is 10.0. The molecule has 2 aromatic rings. The number of rotatable bonds is 3. The van der Waals surface area contributed by atoms with Crippen molar-refractivity contribution in [2.45, 2.75) is 32.2 Å². The predicted octanol–water partition coefficient (Wildman–Crippen LogP) is 1.90. The summed E-state index contributed by atoms with van der Waals surface area (Å²) >= 11 is 0. The first-order chi connectivity index (χ1) is 14.6. The fourth-order valence-corrected chi connectivity index (χ4v) is 4.23. The molecule has 3 heterocycles. The summed E-state index contributed by atoms with van der Waals surface area (Å²) in [6.07, 6.45) is 2.87. The van der Waals surface area contributed by atoms with Gasteiger partial charge in [0.15, 0.2) is 11.5 Å². The molecule has 154 valence electrons. The first kappa shape index (κ1) is 18.5. The average molecular weight is 407 g/mol. The van der Waals surface area contributed by atoms with Crippen LogP contribution in [0.15, 0.2) is 30.3 Å². The van der Waals surface area contributed by atoms with Crippen LogP contribution in [-0.2, 0) is 33.8 Å². The lowest BCUT2D eigenvalue weighted by Crippen LogP contribution is -2.39. The maximum absolute atomic E-state index is 12.4. The summed E-state index contributed by atoms with van der Waals surface area (Å²) < 4.78 is 10.6. The third kappa shape index (κ3) is 3.34. The van der Waals surface area contributed by atoms with E-state index in [4.69, 9.17) is 9.47 Å². The SMILES string of the molecule is O=C(NCc1ccc2c(c1)OCO2)C(=O)Nc1cc2c3c(c1)CCC(=O)N3CCC2. The Bertz CT molecular complexity index is 1050. The molecule has 0 atom stereocenters. The summed E-state index contributed by atoms with van der Waals surface area (Å²) in [6.45, 7) is 1.13. The van der Waals surface area contributed by atoms with Crippen molar-refractivity contribution in [3.63, 3.8) is 0 Å². The van der Waals surface area contributed by atoms with Gasteiger partial charge in [-0.1, -0.05) is 6.07 Å². The van der Waals surface area contributed by atoms with Crippen molar-refractivity contribution in [1.82, 2.24) is 5.32 Å². The number of carbonyl (C=O) groups excluding carboxylic acids is 3. The van der Waals surface area contributed by atoms with Crippen molar-refractivity contribution in [3.8, 4) is 11.5 Å². The second kappa shape index (κ2) is 7.37. The lowest BCUT2D eigenvalue weighted by molar-refractivity contribution is -0.136. The van der Waals surface area contributed by atoms with Crippen LogP contribution in [-0.4, -0.2) is 31.1 Å². The highest BCUT2D eigenvalue weighted by molar-refractivity contribution is 6.39. The van der Waals surface area contributed by atoms with Gasteiger partial charge < -0.3 is 25.0 Å². The van der Waals surface area contributed by atoms with E-state index in [0.717, 1.165) is 41.8 Å². The number of carbonyl (C=O) groups is 3. The zero-order valence-corrected chi connectivity index (χ0v) is 16.3. The maximum atomic E-state index is 12.4. The summed E-state index contributed by atoms with van der Waals surface area (Å²) in [7, 11) is 0. The number of nitrogens with one attached hydrogen (secondary N) is 2. The highest BCUT2D eigenvalue weighted by atomic mass is 16.7. The van der Waals surface area contributed by atoms with Crippen molar-refractivity contribution in [3.05, 3.63) is 47.0 Å². The van der Waals surface area contributed by atoms with Crippen LogP contribution in [0.5, 0.6) is 11.5 Å². The molecule has 5 rings (SSSR count). The molecule has 0 unspecified atom stereocenters. The smallest absolute Gasteiger partial charge is 0.313 e. The zero-order valence-electron chi connectivity index (χ0n) is 16.3. The lowest BCUT2D eigenvalue weighted by Gasteiger charge is -2.35. The molecule has 0 fully saturated rings. The Hall–Kier alpha value is -3.55. The normalized spacial score (nSPS) is 16.1. The van der Waals surface area contributed by atoms with Crippen molar-refractivity contribution in [2.24, 2.45) is 0 Å². The molecule has 0 spiro atoms. The van der Waals surface area contributed by atoms with E-state index in [1.807, 2.05) is 23.1 Å². The molecule has 0 saturated heterocycles. The van der Waals surface area contributed by atoms with Crippen LogP contribution in [0.1, 0.15) is 29.5 Å².